The van der Waals surface area contributed by atoms with Gasteiger partial charge in [0.15, 0.2) is 6.29 Å². The lowest BCUT2D eigenvalue weighted by atomic mass is 9.94. The van der Waals surface area contributed by atoms with Gasteiger partial charge in [0.1, 0.15) is 0 Å². The van der Waals surface area contributed by atoms with Crippen LogP contribution < -0.4 is 0 Å². The van der Waals surface area contributed by atoms with E-state index in [-0.39, 0.29) is 12.5 Å². The fraction of sp³-hybridized carbons (Fsp3) is 0.154. The molecule has 1 unspecified atom stereocenters. The third kappa shape index (κ3) is 3.04. The standard InChI is InChI=1S/C26H22O3/c27-15-20-9-11-22(24-4-2-1-3-21(20)24)18-6-5-16(13-18)17-7-10-23-19(14-17)8-12-25(23)26(28)29/h1-4,6-14,25-29H,5,15H2. The van der Waals surface area contributed by atoms with Gasteiger partial charge in [-0.2, -0.15) is 0 Å². The molecule has 0 saturated carbocycles. The van der Waals surface area contributed by atoms with E-state index in [2.05, 4.69) is 42.5 Å². The van der Waals surface area contributed by atoms with E-state index in [4.69, 9.17) is 0 Å². The number of allylic oxidation sites excluding steroid dienone is 4. The Morgan fingerprint density at radius 3 is 2.59 bits per heavy atom. The summed E-state index contributed by atoms with van der Waals surface area (Å²) >= 11 is 0. The van der Waals surface area contributed by atoms with Gasteiger partial charge in [-0.05, 0) is 62.2 Å². The van der Waals surface area contributed by atoms with Crippen molar-refractivity contribution in [3.8, 4) is 0 Å². The highest BCUT2D eigenvalue weighted by atomic mass is 16.5. The molecule has 144 valence electrons. The maximum absolute atomic E-state index is 9.65. The van der Waals surface area contributed by atoms with E-state index in [0.29, 0.717) is 0 Å². The molecule has 0 aliphatic heterocycles. The van der Waals surface area contributed by atoms with Crippen molar-refractivity contribution < 1.29 is 15.3 Å². The lowest BCUT2D eigenvalue weighted by Gasteiger charge is -2.14. The minimum Gasteiger partial charge on any atom is -0.392 e. The van der Waals surface area contributed by atoms with Crippen molar-refractivity contribution in [3.63, 3.8) is 0 Å². The molecule has 0 amide bonds. The Hall–Kier alpha value is -2.98. The highest BCUT2D eigenvalue weighted by Crippen LogP contribution is 2.39. The average molecular weight is 382 g/mol. The first-order valence-corrected chi connectivity index (χ1v) is 9.87. The molecule has 3 N–H and O–H groups in total. The molecular weight excluding hydrogens is 360 g/mol. The van der Waals surface area contributed by atoms with Gasteiger partial charge in [-0.3, -0.25) is 0 Å². The van der Waals surface area contributed by atoms with Crippen molar-refractivity contribution >= 4 is 28.0 Å². The lowest BCUT2D eigenvalue weighted by molar-refractivity contribution is -0.0490. The Bertz CT molecular complexity index is 1200. The zero-order chi connectivity index (χ0) is 20.0. The first-order valence-electron chi connectivity index (χ1n) is 9.87. The van der Waals surface area contributed by atoms with Crippen LogP contribution in [0, 0.1) is 0 Å². The van der Waals surface area contributed by atoms with Crippen LogP contribution in [0.2, 0.25) is 0 Å². The van der Waals surface area contributed by atoms with Crippen LogP contribution in [0.15, 0.2) is 72.8 Å². The van der Waals surface area contributed by atoms with Gasteiger partial charge in [0.2, 0.25) is 0 Å². The second-order valence-electron chi connectivity index (χ2n) is 7.65. The predicted molar refractivity (Wildman–Crippen MR) is 117 cm³/mol. The van der Waals surface area contributed by atoms with E-state index in [1.54, 1.807) is 0 Å². The molecule has 3 aromatic carbocycles. The summed E-state index contributed by atoms with van der Waals surface area (Å²) in [7, 11) is 0. The van der Waals surface area contributed by atoms with E-state index in [9.17, 15) is 15.3 Å². The number of fused-ring (bicyclic) bond motifs is 2. The van der Waals surface area contributed by atoms with Crippen LogP contribution in [0.1, 0.15) is 40.2 Å². The summed E-state index contributed by atoms with van der Waals surface area (Å²) in [5.74, 6) is -0.346. The number of benzene rings is 3. The van der Waals surface area contributed by atoms with E-state index in [0.717, 1.165) is 39.4 Å². The second-order valence-corrected chi connectivity index (χ2v) is 7.65. The zero-order valence-electron chi connectivity index (χ0n) is 15.9. The van der Waals surface area contributed by atoms with Crippen LogP contribution in [0.4, 0.5) is 0 Å². The zero-order valence-corrected chi connectivity index (χ0v) is 15.9. The quantitative estimate of drug-likeness (QED) is 0.577. The summed E-state index contributed by atoms with van der Waals surface area (Å²) in [6.45, 7) is 0.0348. The van der Waals surface area contributed by atoms with Crippen molar-refractivity contribution in [2.75, 3.05) is 0 Å². The van der Waals surface area contributed by atoms with E-state index < -0.39 is 6.29 Å². The highest BCUT2D eigenvalue weighted by Gasteiger charge is 2.23. The fourth-order valence-electron chi connectivity index (χ4n) is 4.46. The molecule has 0 spiro atoms. The monoisotopic (exact) mass is 382 g/mol. The van der Waals surface area contributed by atoms with E-state index >= 15 is 0 Å². The molecule has 0 aromatic heterocycles. The van der Waals surface area contributed by atoms with Gasteiger partial charge >= 0.3 is 0 Å². The first kappa shape index (κ1) is 18.1. The molecular formula is C26H22O3. The SMILES string of the molecule is OCc1ccc(C2=CCC(c3ccc4c(c3)C=CC4C(O)O)=C2)c2ccccc12. The number of hydrogen-bond acceptors (Lipinski definition) is 3. The highest BCUT2D eigenvalue weighted by molar-refractivity contribution is 6.01. The Labute approximate surface area is 169 Å². The Morgan fingerprint density at radius 1 is 0.966 bits per heavy atom. The van der Waals surface area contributed by atoms with Crippen LogP contribution >= 0.6 is 0 Å². The van der Waals surface area contributed by atoms with E-state index in [1.807, 2.05) is 36.4 Å². The molecule has 0 heterocycles. The molecule has 0 bridgehead atoms. The fourth-order valence-corrected chi connectivity index (χ4v) is 4.46. The number of rotatable bonds is 4. The minimum atomic E-state index is -1.37. The Morgan fingerprint density at radius 2 is 1.79 bits per heavy atom. The summed E-state index contributed by atoms with van der Waals surface area (Å²) in [6.07, 6.45) is 7.79. The van der Waals surface area contributed by atoms with Crippen LogP contribution in [0.5, 0.6) is 0 Å². The molecule has 3 aromatic rings. The van der Waals surface area contributed by atoms with Crippen molar-refractivity contribution in [2.24, 2.45) is 0 Å². The summed E-state index contributed by atoms with van der Waals surface area (Å²) < 4.78 is 0. The van der Waals surface area contributed by atoms with Crippen LogP contribution in [0.25, 0.3) is 28.0 Å². The van der Waals surface area contributed by atoms with Gasteiger partial charge in [-0.1, -0.05) is 72.8 Å². The summed E-state index contributed by atoms with van der Waals surface area (Å²) in [5.41, 5.74) is 7.73. The van der Waals surface area contributed by atoms with Crippen LogP contribution in [-0.4, -0.2) is 21.6 Å². The average Bonchev–Trinajstić information content (AvgIpc) is 3.39. The summed E-state index contributed by atoms with van der Waals surface area (Å²) in [6, 6.07) is 18.5. The normalized spacial score (nSPS) is 17.7. The third-order valence-corrected chi connectivity index (χ3v) is 5.99. The van der Waals surface area contributed by atoms with Crippen molar-refractivity contribution in [1.82, 2.24) is 0 Å². The topological polar surface area (TPSA) is 60.7 Å². The molecule has 1 atom stereocenters. The molecule has 0 saturated heterocycles. The third-order valence-electron chi connectivity index (χ3n) is 5.99. The first-order chi connectivity index (χ1) is 14.2. The summed E-state index contributed by atoms with van der Waals surface area (Å²) in [5, 5.41) is 31.0. The smallest absolute Gasteiger partial charge is 0.161 e. The largest absolute Gasteiger partial charge is 0.392 e. The number of hydrogen-bond donors (Lipinski definition) is 3. The molecule has 5 rings (SSSR count). The maximum atomic E-state index is 9.65. The molecule has 0 fully saturated rings. The van der Waals surface area contributed by atoms with Gasteiger partial charge in [-0.25, -0.2) is 0 Å². The Balaban J connectivity index is 1.51. The summed E-state index contributed by atoms with van der Waals surface area (Å²) in [4.78, 5) is 0. The number of aliphatic hydroxyl groups excluding tert-OH is 2. The predicted octanol–water partition coefficient (Wildman–Crippen LogP) is 4.62. The maximum Gasteiger partial charge on any atom is 0.161 e. The number of aliphatic hydroxyl groups is 3. The van der Waals surface area contributed by atoms with Gasteiger partial charge in [0.25, 0.3) is 0 Å². The second kappa shape index (κ2) is 7.12. The molecule has 3 heteroatoms. The molecule has 2 aliphatic carbocycles. The van der Waals surface area contributed by atoms with E-state index in [1.165, 1.54) is 16.7 Å². The molecule has 3 nitrogen and oxygen atoms in total. The van der Waals surface area contributed by atoms with Gasteiger partial charge in [0, 0.05) is 0 Å². The van der Waals surface area contributed by atoms with Gasteiger partial charge in [-0.15, -0.1) is 0 Å². The molecule has 2 aliphatic rings. The van der Waals surface area contributed by atoms with Crippen molar-refractivity contribution in [3.05, 3.63) is 101 Å². The molecule has 0 radical (unpaired) electrons. The van der Waals surface area contributed by atoms with Crippen molar-refractivity contribution in [2.45, 2.75) is 25.2 Å². The van der Waals surface area contributed by atoms with Crippen molar-refractivity contribution in [1.29, 1.82) is 0 Å². The van der Waals surface area contributed by atoms with Gasteiger partial charge in [0.05, 0.1) is 12.5 Å². The Kier molecular flexibility index (Phi) is 4.44. The molecule has 29 heavy (non-hydrogen) atoms. The van der Waals surface area contributed by atoms with Crippen LogP contribution in [0.3, 0.4) is 0 Å². The van der Waals surface area contributed by atoms with Gasteiger partial charge < -0.3 is 15.3 Å². The lowest BCUT2D eigenvalue weighted by Crippen LogP contribution is -2.14. The minimum absolute atomic E-state index is 0.0348. The van der Waals surface area contributed by atoms with Crippen LogP contribution in [-0.2, 0) is 6.61 Å².